The highest BCUT2D eigenvalue weighted by molar-refractivity contribution is 7.99. The largest absolute Gasteiger partial charge is 0.465 e. The smallest absolute Gasteiger partial charge is 0.338 e. The second-order valence-corrected chi connectivity index (χ2v) is 9.64. The summed E-state index contributed by atoms with van der Waals surface area (Å²) in [6, 6.07) is 21.1. The molecule has 0 fully saturated rings. The molecule has 152 valence electrons. The molecule has 0 spiro atoms. The van der Waals surface area contributed by atoms with Gasteiger partial charge in [0.15, 0.2) is 0 Å². The Bertz CT molecular complexity index is 1330. The molecule has 0 unspecified atom stereocenters. The zero-order chi connectivity index (χ0) is 21.3. The molecule has 0 aliphatic heterocycles. The highest BCUT2D eigenvalue weighted by atomic mass is 32.2. The molecule has 0 saturated carbocycles. The Kier molecular flexibility index (Phi) is 5.40. The lowest BCUT2D eigenvalue weighted by Gasteiger charge is -2.08. The van der Waals surface area contributed by atoms with E-state index in [1.807, 2.05) is 31.2 Å². The molecule has 0 aliphatic carbocycles. The third kappa shape index (κ3) is 3.62. The monoisotopic (exact) mass is 437 g/mol. The van der Waals surface area contributed by atoms with Gasteiger partial charge < -0.3 is 4.74 Å². The number of methoxy groups -OCH3 is 1. The minimum absolute atomic E-state index is 0.178. The number of benzene rings is 3. The predicted molar refractivity (Wildman–Crippen MR) is 118 cm³/mol. The van der Waals surface area contributed by atoms with Crippen molar-refractivity contribution < 1.29 is 17.9 Å². The summed E-state index contributed by atoms with van der Waals surface area (Å²) in [5.74, 6) is -0.513. The van der Waals surface area contributed by atoms with Crippen molar-refractivity contribution in [2.45, 2.75) is 21.6 Å². The van der Waals surface area contributed by atoms with Crippen LogP contribution in [0.3, 0.4) is 0 Å². The Balaban J connectivity index is 1.96. The quantitative estimate of drug-likeness (QED) is 0.405. The van der Waals surface area contributed by atoms with Crippen LogP contribution in [0.5, 0.6) is 0 Å². The van der Waals surface area contributed by atoms with E-state index in [1.165, 1.54) is 22.8 Å². The van der Waals surface area contributed by atoms with Gasteiger partial charge in [-0.25, -0.2) is 17.2 Å². The Labute approximate surface area is 179 Å². The summed E-state index contributed by atoms with van der Waals surface area (Å²) >= 11 is 1.41. The van der Waals surface area contributed by atoms with Crippen LogP contribution < -0.4 is 0 Å². The first-order chi connectivity index (χ1) is 14.4. The van der Waals surface area contributed by atoms with Crippen LogP contribution in [0.15, 0.2) is 93.7 Å². The summed E-state index contributed by atoms with van der Waals surface area (Å²) < 4.78 is 32.9. The molecule has 0 amide bonds. The zero-order valence-electron chi connectivity index (χ0n) is 16.4. The molecule has 0 aliphatic rings. The molecule has 4 rings (SSSR count). The van der Waals surface area contributed by atoms with E-state index in [2.05, 4.69) is 0 Å². The Hall–Kier alpha value is -3.03. The van der Waals surface area contributed by atoms with Crippen molar-refractivity contribution in [1.82, 2.24) is 3.97 Å². The minimum Gasteiger partial charge on any atom is -0.465 e. The number of hydrogen-bond donors (Lipinski definition) is 0. The van der Waals surface area contributed by atoms with Crippen molar-refractivity contribution in [3.05, 3.63) is 90.1 Å². The molecular weight excluding hydrogens is 418 g/mol. The summed E-state index contributed by atoms with van der Waals surface area (Å²) in [5, 5.41) is 0.550. The van der Waals surface area contributed by atoms with Crippen LogP contribution in [0.4, 0.5) is 0 Å². The molecule has 4 aromatic rings. The zero-order valence-corrected chi connectivity index (χ0v) is 18.0. The number of carbonyl (C=O) groups is 1. The van der Waals surface area contributed by atoms with Gasteiger partial charge in [0.05, 0.1) is 23.1 Å². The van der Waals surface area contributed by atoms with Gasteiger partial charge in [0, 0.05) is 21.4 Å². The maximum atomic E-state index is 13.3. The average Bonchev–Trinajstić information content (AvgIpc) is 3.15. The van der Waals surface area contributed by atoms with E-state index in [1.54, 1.807) is 54.7 Å². The molecule has 7 heteroatoms. The lowest BCUT2D eigenvalue weighted by atomic mass is 10.1. The number of carbonyl (C=O) groups excluding carboxylic acids is 1. The van der Waals surface area contributed by atoms with Crippen molar-refractivity contribution in [3.63, 3.8) is 0 Å². The number of aryl methyl sites for hydroxylation is 1. The van der Waals surface area contributed by atoms with Gasteiger partial charge in [-0.3, -0.25) is 0 Å². The standard InChI is InChI=1S/C23H19NO4S2/c1-16-11-13-17(14-12-16)29-21-15-24(30(26,27)18-7-4-3-5-8-18)20-10-6-9-19(22(20)21)23(25)28-2/h3-15H,1-2H3. The second-order valence-electron chi connectivity index (χ2n) is 6.71. The molecule has 1 heterocycles. The molecule has 5 nitrogen and oxygen atoms in total. The van der Waals surface area contributed by atoms with Crippen LogP contribution >= 0.6 is 11.8 Å². The van der Waals surface area contributed by atoms with E-state index in [0.29, 0.717) is 21.4 Å². The van der Waals surface area contributed by atoms with Gasteiger partial charge in [-0.1, -0.05) is 53.7 Å². The van der Waals surface area contributed by atoms with Crippen LogP contribution in [0, 0.1) is 6.92 Å². The topological polar surface area (TPSA) is 65.4 Å². The van der Waals surface area contributed by atoms with E-state index in [9.17, 15) is 13.2 Å². The first kappa shape index (κ1) is 20.3. The molecule has 0 atom stereocenters. The van der Waals surface area contributed by atoms with Gasteiger partial charge in [0.1, 0.15) is 0 Å². The summed E-state index contributed by atoms with van der Waals surface area (Å²) in [7, 11) is -2.53. The van der Waals surface area contributed by atoms with Crippen LogP contribution in [0.2, 0.25) is 0 Å². The Morgan fingerprint density at radius 1 is 0.933 bits per heavy atom. The van der Waals surface area contributed by atoms with E-state index in [0.717, 1.165) is 10.5 Å². The molecule has 30 heavy (non-hydrogen) atoms. The number of aromatic nitrogens is 1. The summed E-state index contributed by atoms with van der Waals surface area (Å²) in [6.07, 6.45) is 1.57. The molecule has 1 aromatic heterocycles. The summed E-state index contributed by atoms with van der Waals surface area (Å²) in [6.45, 7) is 2.00. The lowest BCUT2D eigenvalue weighted by molar-refractivity contribution is 0.0603. The highest BCUT2D eigenvalue weighted by Crippen LogP contribution is 2.38. The molecule has 0 saturated heterocycles. The van der Waals surface area contributed by atoms with Gasteiger partial charge in [0.2, 0.25) is 0 Å². The lowest BCUT2D eigenvalue weighted by Crippen LogP contribution is -2.11. The van der Waals surface area contributed by atoms with Crippen LogP contribution in [-0.4, -0.2) is 25.5 Å². The van der Waals surface area contributed by atoms with Crippen molar-refractivity contribution in [3.8, 4) is 0 Å². The van der Waals surface area contributed by atoms with Crippen LogP contribution in [0.25, 0.3) is 10.9 Å². The number of rotatable bonds is 5. The number of ether oxygens (including phenoxy) is 1. The fourth-order valence-corrected chi connectivity index (χ4v) is 5.67. The van der Waals surface area contributed by atoms with Crippen LogP contribution in [0.1, 0.15) is 15.9 Å². The molecular formula is C23H19NO4S2. The first-order valence-electron chi connectivity index (χ1n) is 9.19. The van der Waals surface area contributed by atoms with Crippen LogP contribution in [-0.2, 0) is 14.8 Å². The maximum Gasteiger partial charge on any atom is 0.338 e. The van der Waals surface area contributed by atoms with E-state index in [-0.39, 0.29) is 4.90 Å². The number of hydrogen-bond acceptors (Lipinski definition) is 5. The van der Waals surface area contributed by atoms with Gasteiger partial charge in [0.25, 0.3) is 10.0 Å². The minimum atomic E-state index is -3.84. The third-order valence-electron chi connectivity index (χ3n) is 4.71. The summed E-state index contributed by atoms with van der Waals surface area (Å²) in [4.78, 5) is 14.2. The predicted octanol–water partition coefficient (Wildman–Crippen LogP) is 5.12. The van der Waals surface area contributed by atoms with E-state index < -0.39 is 16.0 Å². The molecule has 3 aromatic carbocycles. The Morgan fingerprint density at radius 3 is 2.30 bits per heavy atom. The van der Waals surface area contributed by atoms with Crippen molar-refractivity contribution in [1.29, 1.82) is 0 Å². The van der Waals surface area contributed by atoms with Crippen molar-refractivity contribution in [2.75, 3.05) is 7.11 Å². The van der Waals surface area contributed by atoms with E-state index in [4.69, 9.17) is 4.74 Å². The number of esters is 1. The summed E-state index contributed by atoms with van der Waals surface area (Å²) in [5.41, 5.74) is 1.88. The third-order valence-corrected chi connectivity index (χ3v) is 7.44. The highest BCUT2D eigenvalue weighted by Gasteiger charge is 2.24. The fraction of sp³-hybridized carbons (Fsp3) is 0.0870. The molecule has 0 radical (unpaired) electrons. The molecule has 0 N–H and O–H groups in total. The van der Waals surface area contributed by atoms with Gasteiger partial charge in [-0.2, -0.15) is 0 Å². The Morgan fingerprint density at radius 2 is 1.63 bits per heavy atom. The maximum absolute atomic E-state index is 13.3. The number of nitrogens with zero attached hydrogens (tertiary/aromatic N) is 1. The SMILES string of the molecule is COC(=O)c1cccc2c1c(Sc1ccc(C)cc1)cn2S(=O)(=O)c1ccccc1. The van der Waals surface area contributed by atoms with Crippen molar-refractivity contribution in [2.24, 2.45) is 0 Å². The second kappa shape index (κ2) is 8.01. The van der Waals surface area contributed by atoms with E-state index >= 15 is 0 Å². The number of fused-ring (bicyclic) bond motifs is 1. The van der Waals surface area contributed by atoms with Crippen molar-refractivity contribution >= 4 is 38.7 Å². The molecule has 0 bridgehead atoms. The fourth-order valence-electron chi connectivity index (χ4n) is 3.22. The average molecular weight is 438 g/mol. The normalized spacial score (nSPS) is 11.5. The van der Waals surface area contributed by atoms with Gasteiger partial charge >= 0.3 is 5.97 Å². The van der Waals surface area contributed by atoms with Gasteiger partial charge in [-0.15, -0.1) is 0 Å². The van der Waals surface area contributed by atoms with Gasteiger partial charge in [-0.05, 0) is 43.3 Å². The first-order valence-corrected chi connectivity index (χ1v) is 11.4.